The highest BCUT2D eigenvalue weighted by Crippen LogP contribution is 2.30. The molecule has 6 heteroatoms. The van der Waals surface area contributed by atoms with Crippen LogP contribution in [0.4, 0.5) is 5.82 Å². The molecule has 3 heterocycles. The van der Waals surface area contributed by atoms with Crippen molar-refractivity contribution in [3.63, 3.8) is 0 Å². The first-order valence-corrected chi connectivity index (χ1v) is 7.91. The van der Waals surface area contributed by atoms with Gasteiger partial charge in [-0.1, -0.05) is 6.07 Å². The first-order chi connectivity index (χ1) is 11.0. The fourth-order valence-corrected chi connectivity index (χ4v) is 3.25. The molecule has 1 amide bonds. The Hall–Kier alpha value is -2.60. The number of nitrogens with one attached hydrogen (secondary N) is 1. The van der Waals surface area contributed by atoms with Crippen LogP contribution in [-0.2, 0) is 0 Å². The molecule has 0 fully saturated rings. The number of nitrogens with zero attached hydrogens (tertiary/aromatic N) is 2. The largest absolute Gasteiger partial charge is 0.306 e. The molecule has 0 bridgehead atoms. The molecule has 0 spiro atoms. The van der Waals surface area contributed by atoms with Crippen LogP contribution in [0.1, 0.15) is 38.1 Å². The highest BCUT2D eigenvalue weighted by molar-refractivity contribution is 7.20. The highest BCUT2D eigenvalue weighted by Gasteiger charge is 2.17. The predicted molar refractivity (Wildman–Crippen MR) is 91.3 cm³/mol. The summed E-state index contributed by atoms with van der Waals surface area (Å²) >= 11 is 1.31. The molecule has 0 radical (unpaired) electrons. The van der Waals surface area contributed by atoms with Crippen molar-refractivity contribution in [1.29, 1.82) is 0 Å². The third-order valence-electron chi connectivity index (χ3n) is 3.56. The Labute approximate surface area is 137 Å². The summed E-state index contributed by atoms with van der Waals surface area (Å²) < 4.78 is 0. The number of Topliss-reactive ketones (excluding diaryl/α,β-unsaturated/α-hetero) is 1. The monoisotopic (exact) mass is 325 g/mol. The van der Waals surface area contributed by atoms with Crippen LogP contribution in [0.5, 0.6) is 0 Å². The fourth-order valence-electron chi connectivity index (χ4n) is 2.22. The van der Waals surface area contributed by atoms with Gasteiger partial charge in [0.25, 0.3) is 5.91 Å². The van der Waals surface area contributed by atoms with Gasteiger partial charge in [-0.15, -0.1) is 11.3 Å². The van der Waals surface area contributed by atoms with Gasteiger partial charge in [-0.2, -0.15) is 0 Å². The molecule has 3 rings (SSSR count). The minimum absolute atomic E-state index is 0.0418. The van der Waals surface area contributed by atoms with Gasteiger partial charge in [0.1, 0.15) is 10.6 Å². The first kappa shape index (κ1) is 15.3. The van der Waals surface area contributed by atoms with Gasteiger partial charge < -0.3 is 5.32 Å². The van der Waals surface area contributed by atoms with Gasteiger partial charge in [0.15, 0.2) is 5.78 Å². The van der Waals surface area contributed by atoms with E-state index in [4.69, 9.17) is 0 Å². The van der Waals surface area contributed by atoms with Crippen molar-refractivity contribution in [2.75, 3.05) is 5.32 Å². The molecule has 5 nitrogen and oxygen atoms in total. The molecule has 0 aliphatic rings. The Morgan fingerprint density at radius 3 is 2.57 bits per heavy atom. The zero-order valence-electron chi connectivity index (χ0n) is 13.0. The average Bonchev–Trinajstić information content (AvgIpc) is 2.86. The molecule has 116 valence electrons. The molecule has 0 aliphatic carbocycles. The molecule has 0 saturated heterocycles. The van der Waals surface area contributed by atoms with Gasteiger partial charge in [0, 0.05) is 23.3 Å². The van der Waals surface area contributed by atoms with Gasteiger partial charge in [-0.3, -0.25) is 9.59 Å². The van der Waals surface area contributed by atoms with Crippen LogP contribution in [-0.4, -0.2) is 21.7 Å². The van der Waals surface area contributed by atoms with E-state index in [1.807, 2.05) is 19.9 Å². The van der Waals surface area contributed by atoms with E-state index in [1.54, 1.807) is 24.5 Å². The van der Waals surface area contributed by atoms with Crippen molar-refractivity contribution in [1.82, 2.24) is 9.97 Å². The lowest BCUT2D eigenvalue weighted by Crippen LogP contribution is -2.12. The number of anilines is 1. The van der Waals surface area contributed by atoms with Crippen LogP contribution in [0.25, 0.3) is 10.2 Å². The molecule has 0 saturated carbocycles. The summed E-state index contributed by atoms with van der Waals surface area (Å²) in [4.78, 5) is 33.7. The second-order valence-corrected chi connectivity index (χ2v) is 6.36. The van der Waals surface area contributed by atoms with E-state index >= 15 is 0 Å². The topological polar surface area (TPSA) is 72.0 Å². The number of hydrogen-bond acceptors (Lipinski definition) is 5. The summed E-state index contributed by atoms with van der Waals surface area (Å²) in [5, 5.41) is 3.63. The zero-order valence-corrected chi connectivity index (χ0v) is 13.8. The van der Waals surface area contributed by atoms with Crippen LogP contribution in [0, 0.1) is 13.8 Å². The van der Waals surface area contributed by atoms with Crippen LogP contribution in [0.15, 0.2) is 30.6 Å². The minimum Gasteiger partial charge on any atom is -0.306 e. The van der Waals surface area contributed by atoms with E-state index in [2.05, 4.69) is 15.3 Å². The number of carbonyl (C=O) groups excluding carboxylic acids is 2. The van der Waals surface area contributed by atoms with Crippen molar-refractivity contribution in [3.05, 3.63) is 52.2 Å². The summed E-state index contributed by atoms with van der Waals surface area (Å²) in [6, 6.07) is 5.44. The SMILES string of the molecule is CC(=O)c1cnc2sc(C(=O)Nc3ccc(C)cn3)c(C)c2c1. The molecule has 0 aliphatic heterocycles. The zero-order chi connectivity index (χ0) is 16.6. The van der Waals surface area contributed by atoms with Crippen LogP contribution in [0.2, 0.25) is 0 Å². The Kier molecular flexibility index (Phi) is 3.92. The lowest BCUT2D eigenvalue weighted by molar-refractivity contribution is 0.101. The van der Waals surface area contributed by atoms with E-state index in [0.29, 0.717) is 16.3 Å². The molecule has 0 unspecified atom stereocenters. The average molecular weight is 325 g/mol. The summed E-state index contributed by atoms with van der Waals surface area (Å²) in [6.07, 6.45) is 3.25. The molecule has 0 atom stereocenters. The molecule has 0 aromatic carbocycles. The van der Waals surface area contributed by atoms with Gasteiger partial charge >= 0.3 is 0 Å². The molecular formula is C17H15N3O2S. The number of amides is 1. The number of aryl methyl sites for hydroxylation is 2. The molecule has 1 N–H and O–H groups in total. The predicted octanol–water partition coefficient (Wildman–Crippen LogP) is 3.76. The maximum atomic E-state index is 12.5. The standard InChI is InChI=1S/C17H15N3O2S/c1-9-4-5-14(18-7-9)20-16(22)15-10(2)13-6-12(11(3)21)8-19-17(13)23-15/h4-8H,1-3H3,(H,18,20,22). The molecule has 3 aromatic heterocycles. The summed E-state index contributed by atoms with van der Waals surface area (Å²) in [5.41, 5.74) is 2.40. The molecule has 23 heavy (non-hydrogen) atoms. The molecular weight excluding hydrogens is 310 g/mol. The minimum atomic E-state index is -0.216. The number of pyridine rings is 2. The van der Waals surface area contributed by atoms with Crippen molar-refractivity contribution in [2.24, 2.45) is 0 Å². The smallest absolute Gasteiger partial charge is 0.267 e. The summed E-state index contributed by atoms with van der Waals surface area (Å²) in [5.74, 6) is 0.251. The van der Waals surface area contributed by atoms with Gasteiger partial charge in [-0.25, -0.2) is 9.97 Å². The van der Waals surface area contributed by atoms with Crippen LogP contribution in [0.3, 0.4) is 0 Å². The van der Waals surface area contributed by atoms with E-state index in [-0.39, 0.29) is 11.7 Å². The number of thiophene rings is 1. The van der Waals surface area contributed by atoms with E-state index < -0.39 is 0 Å². The van der Waals surface area contributed by atoms with E-state index in [0.717, 1.165) is 21.3 Å². The number of carbonyl (C=O) groups is 2. The maximum Gasteiger partial charge on any atom is 0.267 e. The quantitative estimate of drug-likeness (QED) is 0.744. The summed E-state index contributed by atoms with van der Waals surface area (Å²) in [7, 11) is 0. The van der Waals surface area contributed by atoms with Crippen molar-refractivity contribution >= 4 is 39.1 Å². The Morgan fingerprint density at radius 2 is 1.91 bits per heavy atom. The second kappa shape index (κ2) is 5.89. The van der Waals surface area contributed by atoms with Gasteiger partial charge in [0.05, 0.1) is 4.88 Å². The third kappa shape index (κ3) is 2.98. The van der Waals surface area contributed by atoms with Crippen LogP contribution >= 0.6 is 11.3 Å². The third-order valence-corrected chi connectivity index (χ3v) is 4.77. The highest BCUT2D eigenvalue weighted by atomic mass is 32.1. The van der Waals surface area contributed by atoms with Gasteiger partial charge in [-0.05, 0) is 44.0 Å². The number of rotatable bonds is 3. The van der Waals surface area contributed by atoms with Crippen molar-refractivity contribution in [2.45, 2.75) is 20.8 Å². The van der Waals surface area contributed by atoms with Gasteiger partial charge in [0.2, 0.25) is 0 Å². The lowest BCUT2D eigenvalue weighted by Gasteiger charge is -2.03. The summed E-state index contributed by atoms with van der Waals surface area (Å²) in [6.45, 7) is 5.30. The Bertz CT molecular complexity index is 913. The second-order valence-electron chi connectivity index (χ2n) is 5.36. The van der Waals surface area contributed by atoms with Crippen molar-refractivity contribution in [3.8, 4) is 0 Å². The Balaban J connectivity index is 1.95. The number of hydrogen-bond donors (Lipinski definition) is 1. The number of ketones is 1. The lowest BCUT2D eigenvalue weighted by atomic mass is 10.1. The van der Waals surface area contributed by atoms with Crippen molar-refractivity contribution < 1.29 is 9.59 Å². The maximum absolute atomic E-state index is 12.5. The fraction of sp³-hybridized carbons (Fsp3) is 0.176. The first-order valence-electron chi connectivity index (χ1n) is 7.10. The Morgan fingerprint density at radius 1 is 1.13 bits per heavy atom. The molecule has 3 aromatic rings. The van der Waals surface area contributed by atoms with E-state index in [9.17, 15) is 9.59 Å². The number of fused-ring (bicyclic) bond motifs is 1. The van der Waals surface area contributed by atoms with Crippen LogP contribution < -0.4 is 5.32 Å². The van der Waals surface area contributed by atoms with E-state index in [1.165, 1.54) is 18.3 Å². The normalized spacial score (nSPS) is 10.7. The number of aromatic nitrogens is 2.